The Labute approximate surface area is 147 Å². The zero-order valence-electron chi connectivity index (χ0n) is 15.2. The van der Waals surface area contributed by atoms with Gasteiger partial charge in [0.05, 0.1) is 19.6 Å². The predicted octanol–water partition coefficient (Wildman–Crippen LogP) is 1.44. The van der Waals surface area contributed by atoms with Gasteiger partial charge >= 0.3 is 0 Å². The highest BCUT2D eigenvalue weighted by Gasteiger charge is 2.32. The minimum Gasteiger partial charge on any atom is -0.497 e. The van der Waals surface area contributed by atoms with Crippen LogP contribution in [0.4, 0.5) is 4.39 Å². The topological polar surface area (TPSA) is 70.7 Å². The second-order valence-corrected chi connectivity index (χ2v) is 7.24. The van der Waals surface area contributed by atoms with E-state index in [0.29, 0.717) is 24.4 Å². The summed E-state index contributed by atoms with van der Waals surface area (Å²) in [5.41, 5.74) is 0.103. The molecule has 6 nitrogen and oxygen atoms in total. The number of halogens is 1. The SMILES string of the molecule is COc1ccc(CN2CCNC(=O)C2CC(=O)NC(C)(C)C)c(F)c1. The minimum atomic E-state index is -0.613. The average molecular weight is 351 g/mol. The van der Waals surface area contributed by atoms with Crippen LogP contribution in [0.1, 0.15) is 32.8 Å². The fraction of sp³-hybridized carbons (Fsp3) is 0.556. The second-order valence-electron chi connectivity index (χ2n) is 7.24. The van der Waals surface area contributed by atoms with Crippen molar-refractivity contribution < 1.29 is 18.7 Å². The number of benzene rings is 1. The summed E-state index contributed by atoms with van der Waals surface area (Å²) >= 11 is 0. The van der Waals surface area contributed by atoms with E-state index >= 15 is 0 Å². The van der Waals surface area contributed by atoms with Crippen LogP contribution in [0, 0.1) is 5.82 Å². The predicted molar refractivity (Wildman–Crippen MR) is 92.7 cm³/mol. The Kier molecular flexibility index (Phi) is 6.00. The van der Waals surface area contributed by atoms with Gasteiger partial charge in [0.15, 0.2) is 0 Å². The Balaban J connectivity index is 2.11. The number of hydrogen-bond donors (Lipinski definition) is 2. The molecule has 1 fully saturated rings. The number of methoxy groups -OCH3 is 1. The largest absolute Gasteiger partial charge is 0.497 e. The van der Waals surface area contributed by atoms with Gasteiger partial charge in [0.2, 0.25) is 11.8 Å². The molecule has 2 N–H and O–H groups in total. The lowest BCUT2D eigenvalue weighted by atomic mass is 10.0. The molecule has 1 aliphatic heterocycles. The van der Waals surface area contributed by atoms with Gasteiger partial charge in [-0.25, -0.2) is 4.39 Å². The van der Waals surface area contributed by atoms with E-state index in [2.05, 4.69) is 10.6 Å². The van der Waals surface area contributed by atoms with Crippen LogP contribution in [0.2, 0.25) is 0 Å². The van der Waals surface area contributed by atoms with E-state index in [-0.39, 0.29) is 36.1 Å². The number of piperazine rings is 1. The molecule has 25 heavy (non-hydrogen) atoms. The summed E-state index contributed by atoms with van der Waals surface area (Å²) in [6.07, 6.45) is 0.0425. The molecule has 1 aromatic rings. The normalized spacial score (nSPS) is 18.6. The highest BCUT2D eigenvalue weighted by molar-refractivity contribution is 5.89. The van der Waals surface area contributed by atoms with Crippen molar-refractivity contribution in [2.24, 2.45) is 0 Å². The monoisotopic (exact) mass is 351 g/mol. The Morgan fingerprint density at radius 3 is 2.76 bits per heavy atom. The molecule has 138 valence electrons. The molecule has 1 heterocycles. The number of nitrogens with zero attached hydrogens (tertiary/aromatic N) is 1. The molecule has 0 aromatic heterocycles. The lowest BCUT2D eigenvalue weighted by molar-refractivity contribution is -0.134. The zero-order chi connectivity index (χ0) is 18.6. The van der Waals surface area contributed by atoms with E-state index < -0.39 is 6.04 Å². The van der Waals surface area contributed by atoms with E-state index in [4.69, 9.17) is 4.74 Å². The molecule has 1 atom stereocenters. The smallest absolute Gasteiger partial charge is 0.237 e. The number of ether oxygens (including phenoxy) is 1. The van der Waals surface area contributed by atoms with Crippen molar-refractivity contribution in [2.45, 2.75) is 45.3 Å². The van der Waals surface area contributed by atoms with Crippen LogP contribution in [0.5, 0.6) is 5.75 Å². The summed E-state index contributed by atoms with van der Waals surface area (Å²) in [5.74, 6) is -0.346. The molecule has 7 heteroatoms. The maximum absolute atomic E-state index is 14.2. The number of carbonyl (C=O) groups is 2. The first-order valence-electron chi connectivity index (χ1n) is 8.35. The van der Waals surface area contributed by atoms with Crippen LogP contribution in [0.25, 0.3) is 0 Å². The molecular formula is C18H26FN3O3. The van der Waals surface area contributed by atoms with E-state index in [1.54, 1.807) is 12.1 Å². The van der Waals surface area contributed by atoms with Crippen molar-refractivity contribution >= 4 is 11.8 Å². The van der Waals surface area contributed by atoms with Gasteiger partial charge in [-0.2, -0.15) is 0 Å². The van der Waals surface area contributed by atoms with Gasteiger partial charge in [-0.15, -0.1) is 0 Å². The molecule has 2 amide bonds. The third-order valence-corrected chi connectivity index (χ3v) is 3.97. The van der Waals surface area contributed by atoms with Crippen molar-refractivity contribution in [1.29, 1.82) is 0 Å². The van der Waals surface area contributed by atoms with Gasteiger partial charge < -0.3 is 15.4 Å². The lowest BCUT2D eigenvalue weighted by Crippen LogP contribution is -2.56. The molecule has 0 aliphatic carbocycles. The first-order valence-corrected chi connectivity index (χ1v) is 8.35. The number of nitrogens with one attached hydrogen (secondary N) is 2. The van der Waals surface area contributed by atoms with E-state index in [9.17, 15) is 14.0 Å². The third kappa shape index (κ3) is 5.42. The average Bonchev–Trinajstić information content (AvgIpc) is 2.50. The Bertz CT molecular complexity index is 643. The summed E-state index contributed by atoms with van der Waals surface area (Å²) in [7, 11) is 1.48. The summed E-state index contributed by atoms with van der Waals surface area (Å²) in [4.78, 5) is 26.3. The van der Waals surface area contributed by atoms with E-state index in [1.165, 1.54) is 13.2 Å². The number of rotatable bonds is 5. The molecule has 0 saturated carbocycles. The molecule has 1 saturated heterocycles. The van der Waals surface area contributed by atoms with Gasteiger partial charge in [-0.1, -0.05) is 6.07 Å². The highest BCUT2D eigenvalue weighted by atomic mass is 19.1. The van der Waals surface area contributed by atoms with Crippen LogP contribution >= 0.6 is 0 Å². The third-order valence-electron chi connectivity index (χ3n) is 3.97. The maximum Gasteiger partial charge on any atom is 0.237 e. The highest BCUT2D eigenvalue weighted by Crippen LogP contribution is 2.20. The summed E-state index contributed by atoms with van der Waals surface area (Å²) < 4.78 is 19.2. The quantitative estimate of drug-likeness (QED) is 0.842. The number of amides is 2. The summed E-state index contributed by atoms with van der Waals surface area (Å²) in [5, 5.41) is 5.64. The maximum atomic E-state index is 14.2. The molecule has 2 rings (SSSR count). The van der Waals surface area contributed by atoms with Gasteiger partial charge in [0, 0.05) is 36.8 Å². The van der Waals surface area contributed by atoms with Crippen molar-refractivity contribution in [2.75, 3.05) is 20.2 Å². The van der Waals surface area contributed by atoms with E-state index in [0.717, 1.165) is 0 Å². The van der Waals surface area contributed by atoms with E-state index in [1.807, 2.05) is 25.7 Å². The zero-order valence-corrected chi connectivity index (χ0v) is 15.2. The Morgan fingerprint density at radius 1 is 1.44 bits per heavy atom. The molecule has 0 bridgehead atoms. The van der Waals surface area contributed by atoms with Crippen molar-refractivity contribution in [3.63, 3.8) is 0 Å². The van der Waals surface area contributed by atoms with Crippen molar-refractivity contribution in [3.8, 4) is 5.75 Å². The van der Waals surface area contributed by atoms with Crippen LogP contribution < -0.4 is 15.4 Å². The van der Waals surface area contributed by atoms with Crippen molar-refractivity contribution in [1.82, 2.24) is 15.5 Å². The van der Waals surface area contributed by atoms with Gasteiger partial charge in [0.25, 0.3) is 0 Å². The number of hydrogen-bond acceptors (Lipinski definition) is 4. The first kappa shape index (κ1) is 19.2. The molecule has 1 aromatic carbocycles. The fourth-order valence-corrected chi connectivity index (χ4v) is 2.82. The first-order chi connectivity index (χ1) is 11.7. The van der Waals surface area contributed by atoms with Crippen molar-refractivity contribution in [3.05, 3.63) is 29.6 Å². The standard InChI is InChI=1S/C18H26FN3O3/c1-18(2,3)21-16(23)10-15-17(24)20-7-8-22(15)11-12-5-6-13(25-4)9-14(12)19/h5-6,9,15H,7-8,10-11H2,1-4H3,(H,20,24)(H,21,23). The molecule has 1 aliphatic rings. The van der Waals surface area contributed by atoms with Crippen LogP contribution in [-0.4, -0.2) is 48.5 Å². The Morgan fingerprint density at radius 2 is 2.16 bits per heavy atom. The number of carbonyl (C=O) groups excluding carboxylic acids is 2. The summed E-state index contributed by atoms with van der Waals surface area (Å²) in [6.45, 7) is 6.96. The van der Waals surface area contributed by atoms with Gasteiger partial charge in [0.1, 0.15) is 11.6 Å². The van der Waals surface area contributed by atoms with Gasteiger partial charge in [-0.05, 0) is 26.8 Å². The molecule has 0 radical (unpaired) electrons. The molecule has 0 spiro atoms. The Hall–Kier alpha value is -2.15. The molecular weight excluding hydrogens is 325 g/mol. The van der Waals surface area contributed by atoms with Crippen LogP contribution in [0.15, 0.2) is 18.2 Å². The molecule has 1 unspecified atom stereocenters. The second kappa shape index (κ2) is 7.82. The minimum absolute atomic E-state index is 0.0425. The lowest BCUT2D eigenvalue weighted by Gasteiger charge is -2.35. The van der Waals surface area contributed by atoms with Crippen LogP contribution in [0.3, 0.4) is 0 Å². The fourth-order valence-electron chi connectivity index (χ4n) is 2.82. The van der Waals surface area contributed by atoms with Gasteiger partial charge in [-0.3, -0.25) is 14.5 Å². The summed E-state index contributed by atoms with van der Waals surface area (Å²) in [6, 6.07) is 4.04. The van der Waals surface area contributed by atoms with Crippen LogP contribution in [-0.2, 0) is 16.1 Å².